The third-order valence-electron chi connectivity index (χ3n) is 7.45. The van der Waals surface area contributed by atoms with E-state index < -0.39 is 33.0 Å². The zero-order valence-electron chi connectivity index (χ0n) is 21.1. The van der Waals surface area contributed by atoms with Crippen LogP contribution < -0.4 is 11.0 Å². The largest absolute Gasteiger partial charge is 0.469 e. The van der Waals surface area contributed by atoms with Crippen molar-refractivity contribution in [2.24, 2.45) is 20.0 Å². The quantitative estimate of drug-likeness (QED) is 0.200. The maximum Gasteiger partial charge on any atom is 0.469 e. The molecular weight excluding hydrogens is 762 g/mol. The highest BCUT2D eigenvalue weighted by Crippen LogP contribution is 2.43. The zero-order chi connectivity index (χ0) is 31.1. The summed E-state index contributed by atoms with van der Waals surface area (Å²) in [6.45, 7) is 0. The molecule has 0 fully saturated rings. The van der Waals surface area contributed by atoms with Crippen LogP contribution in [0.2, 0.25) is 0 Å². The lowest BCUT2D eigenvalue weighted by Crippen LogP contribution is -2.44. The molecule has 0 N–H and O–H groups in total. The molecule has 8 rings (SSSR count). The van der Waals surface area contributed by atoms with Crippen molar-refractivity contribution in [1.29, 1.82) is 0 Å². The molecule has 5 heterocycles. The van der Waals surface area contributed by atoms with Gasteiger partial charge in [0.25, 0.3) is 27.2 Å². The minimum atomic E-state index is -4.13. The van der Waals surface area contributed by atoms with Crippen LogP contribution in [0.3, 0.4) is 0 Å². The Morgan fingerprint density at radius 3 is 1.73 bits per heavy atom. The van der Waals surface area contributed by atoms with Crippen LogP contribution in [0.4, 0.5) is 11.6 Å². The third-order valence-corrected chi connectivity index (χ3v) is 12.3. The van der Waals surface area contributed by atoms with Crippen molar-refractivity contribution >= 4 is 126 Å². The number of aliphatic imine (C=N–C) groups is 2. The number of amidine groups is 2. The first-order valence-electron chi connectivity index (χ1n) is 12.2. The van der Waals surface area contributed by atoms with Gasteiger partial charge in [-0.3, -0.25) is 0 Å². The summed E-state index contributed by atoms with van der Waals surface area (Å²) >= 11 is 3.74. The Balaban J connectivity index is 1.60. The van der Waals surface area contributed by atoms with Crippen LogP contribution in [0.15, 0.2) is 89.3 Å². The summed E-state index contributed by atoms with van der Waals surface area (Å²) in [6, 6.07) is 12.7. The molecular formula is C24H9BBrCl3N6O6S3. The number of aromatic nitrogens is 2. The second kappa shape index (κ2) is 9.02. The summed E-state index contributed by atoms with van der Waals surface area (Å²) in [4.78, 5) is 18.7. The molecule has 20 heteroatoms. The molecule has 0 amide bonds. The average molecular weight is 771 g/mol. The Labute approximate surface area is 269 Å². The van der Waals surface area contributed by atoms with Gasteiger partial charge in [0.15, 0.2) is 11.7 Å². The molecule has 5 aromatic rings. The van der Waals surface area contributed by atoms with Crippen LogP contribution in [-0.4, -0.2) is 51.7 Å². The molecule has 3 aliphatic rings. The fourth-order valence-corrected chi connectivity index (χ4v) is 8.66. The van der Waals surface area contributed by atoms with Crippen LogP contribution in [0.1, 0.15) is 11.1 Å². The summed E-state index contributed by atoms with van der Waals surface area (Å²) < 4.78 is 76.9. The van der Waals surface area contributed by atoms with Crippen LogP contribution in [0, 0.1) is 0 Å². The summed E-state index contributed by atoms with van der Waals surface area (Å²) in [6.07, 6.45) is 0. The topological polar surface area (TPSA) is 162 Å². The number of hydrogen-bond acceptors (Lipinski definition) is 10. The highest BCUT2D eigenvalue weighted by atomic mass is 79.9. The molecule has 4 bridgehead atoms. The lowest BCUT2D eigenvalue weighted by Gasteiger charge is -2.18. The van der Waals surface area contributed by atoms with E-state index in [0.29, 0.717) is 49.5 Å². The van der Waals surface area contributed by atoms with Gasteiger partial charge in [0.05, 0.1) is 14.7 Å². The molecule has 0 saturated heterocycles. The van der Waals surface area contributed by atoms with Gasteiger partial charge in [0.1, 0.15) is 22.6 Å². The molecule has 12 nitrogen and oxygen atoms in total. The van der Waals surface area contributed by atoms with Crippen LogP contribution >= 0.6 is 47.8 Å². The standard InChI is InChI=1S/C24H9BBrCl3N6O6S3/c26-25-34-21-14-5-2-11(43(28,38)39)8-17(14)23(34)33-24-18-9-12(44(29,40)41)3-6-15(18)22(35(24)25)32-20-16-7-10(42(27,36)37)1-4-13(16)19(30-20)31-21/h1-9H. The van der Waals surface area contributed by atoms with Gasteiger partial charge in [0.2, 0.25) is 0 Å². The molecule has 0 atom stereocenters. The second-order valence-electron chi connectivity index (χ2n) is 9.88. The Kier molecular flexibility index (Phi) is 5.83. The average Bonchev–Trinajstić information content (AvgIpc) is 3.56. The normalized spacial score (nSPS) is 15.5. The van der Waals surface area contributed by atoms with Gasteiger partial charge in [-0.15, -0.1) is 0 Å². The van der Waals surface area contributed by atoms with Crippen LogP contribution in [0.5, 0.6) is 0 Å². The van der Waals surface area contributed by atoms with E-state index in [1.54, 1.807) is 15.0 Å². The van der Waals surface area contributed by atoms with Gasteiger partial charge in [-0.25, -0.2) is 45.2 Å². The van der Waals surface area contributed by atoms with E-state index in [1.807, 2.05) is 0 Å². The van der Waals surface area contributed by atoms with Gasteiger partial charge in [-0.1, -0.05) is 15.8 Å². The minimum Gasteiger partial charge on any atom is -0.323 e. The van der Waals surface area contributed by atoms with Crippen molar-refractivity contribution in [3.05, 3.63) is 76.7 Å². The molecule has 0 unspecified atom stereocenters. The maximum absolute atomic E-state index is 12.3. The monoisotopic (exact) mass is 768 g/mol. The van der Waals surface area contributed by atoms with Crippen LogP contribution in [0.25, 0.3) is 21.5 Å². The smallest absolute Gasteiger partial charge is 0.323 e. The number of nitrogens with zero attached hydrogens (tertiary/aromatic N) is 6. The molecule has 44 heavy (non-hydrogen) atoms. The SMILES string of the molecule is O=S(=O)(Cl)c1ccc2c(c1)C1=Nc3c4ccc(S(=O)(=O)Cl)cc4c4n3B(Br)n3c(c5ccc(S(=O)(=O)Cl)cc5c3=N4)=NC2=N1. The van der Waals surface area contributed by atoms with Gasteiger partial charge < -0.3 is 8.96 Å². The molecule has 0 radical (unpaired) electrons. The van der Waals surface area contributed by atoms with Gasteiger partial charge in [-0.2, -0.15) is 0 Å². The number of rotatable bonds is 3. The number of hydrogen-bond donors (Lipinski definition) is 0. The van der Waals surface area contributed by atoms with E-state index in [9.17, 15) is 25.3 Å². The molecule has 0 aliphatic carbocycles. The Hall–Kier alpha value is -3.06. The second-order valence-corrected chi connectivity index (χ2v) is 18.4. The number of halogens is 4. The minimum absolute atomic E-state index is 0.127. The number of benzene rings is 3. The molecule has 0 spiro atoms. The van der Waals surface area contributed by atoms with E-state index in [-0.39, 0.29) is 32.2 Å². The maximum atomic E-state index is 12.3. The van der Waals surface area contributed by atoms with Crippen molar-refractivity contribution in [3.8, 4) is 0 Å². The van der Waals surface area contributed by atoms with E-state index in [4.69, 9.17) is 47.0 Å². The molecule has 220 valence electrons. The summed E-state index contributed by atoms with van der Waals surface area (Å²) in [5.41, 5.74) is 1.46. The summed E-state index contributed by atoms with van der Waals surface area (Å²) in [5, 5.41) is 1.75. The fourth-order valence-electron chi connectivity index (χ4n) is 5.55. The highest BCUT2D eigenvalue weighted by Gasteiger charge is 2.36. The van der Waals surface area contributed by atoms with E-state index >= 15 is 0 Å². The van der Waals surface area contributed by atoms with E-state index in [2.05, 4.69) is 20.7 Å². The Bertz CT molecular complexity index is 2780. The van der Waals surface area contributed by atoms with Crippen molar-refractivity contribution in [3.63, 3.8) is 0 Å². The molecule has 0 saturated carbocycles. The van der Waals surface area contributed by atoms with Gasteiger partial charge in [-0.05, 0) is 54.6 Å². The summed E-state index contributed by atoms with van der Waals surface area (Å²) in [5.74, 6) is 0.168. The van der Waals surface area contributed by atoms with Crippen molar-refractivity contribution in [2.75, 3.05) is 0 Å². The first-order valence-corrected chi connectivity index (χ1v) is 20.1. The zero-order valence-corrected chi connectivity index (χ0v) is 27.4. The molecule has 2 aromatic heterocycles. The van der Waals surface area contributed by atoms with E-state index in [0.717, 1.165) is 0 Å². The van der Waals surface area contributed by atoms with Crippen molar-refractivity contribution in [1.82, 2.24) is 8.96 Å². The van der Waals surface area contributed by atoms with E-state index in [1.165, 1.54) is 48.5 Å². The Morgan fingerprint density at radius 2 is 1.07 bits per heavy atom. The van der Waals surface area contributed by atoms with Gasteiger partial charge >= 0.3 is 5.81 Å². The first-order chi connectivity index (χ1) is 20.6. The highest BCUT2D eigenvalue weighted by molar-refractivity contribution is 9.24. The Morgan fingerprint density at radius 1 is 0.545 bits per heavy atom. The fraction of sp³-hybridized carbons (Fsp3) is 0. The number of fused-ring (bicyclic) bond motifs is 10. The molecule has 3 aromatic carbocycles. The van der Waals surface area contributed by atoms with Crippen molar-refractivity contribution in [2.45, 2.75) is 14.7 Å². The van der Waals surface area contributed by atoms with Gasteiger partial charge in [0, 0.05) is 64.7 Å². The third kappa shape index (κ3) is 4.03. The molecule has 3 aliphatic heterocycles. The predicted octanol–water partition coefficient (Wildman–Crippen LogP) is 3.89. The summed E-state index contributed by atoms with van der Waals surface area (Å²) in [7, 11) is 4.67. The lowest BCUT2D eigenvalue weighted by atomic mass is 10.1. The first kappa shape index (κ1) is 28.4. The predicted molar refractivity (Wildman–Crippen MR) is 170 cm³/mol. The lowest BCUT2D eigenvalue weighted by molar-refractivity contribution is 0.608. The van der Waals surface area contributed by atoms with Crippen molar-refractivity contribution < 1.29 is 25.3 Å². The van der Waals surface area contributed by atoms with Crippen LogP contribution in [-0.2, 0) is 27.2 Å².